The number of aliphatic hydroxyl groups excluding tert-OH is 6. The minimum absolute atomic E-state index is 0.253. The zero-order valence-electron chi connectivity index (χ0n) is 43.3. The molecule has 394 valence electrons. The Morgan fingerprint density at radius 2 is 0.788 bits per heavy atom. The Morgan fingerprint density at radius 3 is 1.12 bits per heavy atom. The summed E-state index contributed by atoms with van der Waals surface area (Å²) >= 11 is 0. The first kappa shape index (κ1) is 63.2. The normalized spacial score (nSPS) is 20.2. The number of ether oxygens (including phenoxy) is 2. The fourth-order valence-electron chi connectivity index (χ4n) is 9.67. The maximum Gasteiger partial charge on any atom is 0.220 e. The molecule has 1 fully saturated rings. The van der Waals surface area contributed by atoms with Gasteiger partial charge in [-0.1, -0.05) is 271 Å². The van der Waals surface area contributed by atoms with Gasteiger partial charge in [-0.15, -0.1) is 0 Å². The van der Waals surface area contributed by atoms with Crippen LogP contribution in [0.3, 0.4) is 0 Å². The summed E-state index contributed by atoms with van der Waals surface area (Å²) in [6.45, 7) is 3.60. The molecule has 0 aliphatic carbocycles. The van der Waals surface area contributed by atoms with Crippen molar-refractivity contribution in [3.8, 4) is 0 Å². The summed E-state index contributed by atoms with van der Waals surface area (Å²) in [5.74, 6) is -0.253. The summed E-state index contributed by atoms with van der Waals surface area (Å²) in [5, 5.41) is 65.1. The Hall–Kier alpha value is -0.850. The van der Waals surface area contributed by atoms with Gasteiger partial charge in [-0.05, 0) is 12.8 Å². The lowest BCUT2D eigenvalue weighted by Crippen LogP contribution is -2.60. The zero-order valence-corrected chi connectivity index (χ0v) is 43.3. The van der Waals surface area contributed by atoms with E-state index in [1.165, 1.54) is 218 Å². The van der Waals surface area contributed by atoms with Crippen molar-refractivity contribution in [2.75, 3.05) is 13.2 Å². The van der Waals surface area contributed by atoms with Crippen molar-refractivity contribution in [1.29, 1.82) is 0 Å². The molecule has 66 heavy (non-hydrogen) atoms. The molecule has 10 heteroatoms. The highest BCUT2D eigenvalue weighted by molar-refractivity contribution is 5.76. The van der Waals surface area contributed by atoms with Gasteiger partial charge >= 0.3 is 0 Å². The maximum atomic E-state index is 13.0. The van der Waals surface area contributed by atoms with Gasteiger partial charge in [0.05, 0.1) is 25.4 Å². The van der Waals surface area contributed by atoms with Gasteiger partial charge in [-0.2, -0.15) is 0 Å². The standard InChI is InChI=1S/C56H111NO9/c1-3-5-7-9-11-13-14-15-16-17-18-19-20-21-22-23-24-25-26-27-28-29-30-31-32-33-34-35-36-37-39-41-43-45-51(60)57-48(47-65-56-55(64)54(63)53(62)50(46-58)66-56)52(61)49(59)44-42-40-38-12-10-8-6-4-2/h48-50,52-56,58-59,61-64H,3-47H2,1-2H3,(H,57,60)/t48-,49+,50+,52-,53-,54?,55?,56+/m0/s1. The number of rotatable bonds is 50. The van der Waals surface area contributed by atoms with Crippen LogP contribution >= 0.6 is 0 Å². The van der Waals surface area contributed by atoms with Crippen LogP contribution in [0.1, 0.15) is 290 Å². The molecule has 1 heterocycles. The number of hydrogen-bond acceptors (Lipinski definition) is 9. The maximum absolute atomic E-state index is 13.0. The number of hydrogen-bond donors (Lipinski definition) is 7. The topological polar surface area (TPSA) is 169 Å². The Balaban J connectivity index is 2.06. The number of carbonyl (C=O) groups is 1. The second-order valence-corrected chi connectivity index (χ2v) is 20.6. The molecule has 10 nitrogen and oxygen atoms in total. The average Bonchev–Trinajstić information content (AvgIpc) is 3.32. The lowest BCUT2D eigenvalue weighted by molar-refractivity contribution is -0.303. The number of nitrogens with one attached hydrogen (secondary N) is 1. The molecule has 8 atom stereocenters. The molecule has 1 rings (SSSR count). The Labute approximate surface area is 407 Å². The highest BCUT2D eigenvalue weighted by Crippen LogP contribution is 2.23. The van der Waals surface area contributed by atoms with Crippen molar-refractivity contribution in [2.24, 2.45) is 0 Å². The summed E-state index contributed by atoms with van der Waals surface area (Å²) < 4.78 is 11.2. The molecule has 1 amide bonds. The summed E-state index contributed by atoms with van der Waals surface area (Å²) in [6.07, 6.45) is 44.7. The molecular formula is C56H111NO9. The van der Waals surface area contributed by atoms with Crippen LogP contribution in [0.2, 0.25) is 0 Å². The lowest BCUT2D eigenvalue weighted by atomic mass is 9.98. The molecule has 7 N–H and O–H groups in total. The molecule has 0 aromatic carbocycles. The zero-order chi connectivity index (χ0) is 48.1. The third-order valence-electron chi connectivity index (χ3n) is 14.3. The van der Waals surface area contributed by atoms with Gasteiger partial charge in [0.1, 0.15) is 30.5 Å². The van der Waals surface area contributed by atoms with Gasteiger partial charge in [0, 0.05) is 6.42 Å². The molecule has 0 aromatic rings. The molecule has 1 aliphatic heterocycles. The second kappa shape index (κ2) is 46.5. The van der Waals surface area contributed by atoms with Gasteiger partial charge < -0.3 is 45.4 Å². The fourth-order valence-corrected chi connectivity index (χ4v) is 9.67. The third kappa shape index (κ3) is 35.3. The summed E-state index contributed by atoms with van der Waals surface area (Å²) in [4.78, 5) is 13.0. The Morgan fingerprint density at radius 1 is 0.470 bits per heavy atom. The quantitative estimate of drug-likeness (QED) is 0.0294. The van der Waals surface area contributed by atoms with Crippen molar-refractivity contribution in [3.05, 3.63) is 0 Å². The summed E-state index contributed by atoms with van der Waals surface area (Å²) in [5.41, 5.74) is 0. The van der Waals surface area contributed by atoms with E-state index in [1.54, 1.807) is 0 Å². The van der Waals surface area contributed by atoms with Crippen molar-refractivity contribution >= 4 is 5.91 Å². The Bertz CT molecular complexity index is 1020. The predicted octanol–water partition coefficient (Wildman–Crippen LogP) is 12.8. The molecule has 0 saturated carbocycles. The van der Waals surface area contributed by atoms with Gasteiger partial charge in [-0.3, -0.25) is 4.79 Å². The van der Waals surface area contributed by atoms with Crippen LogP contribution in [0, 0.1) is 0 Å². The first-order chi connectivity index (χ1) is 32.3. The minimum Gasteiger partial charge on any atom is -0.394 e. The van der Waals surface area contributed by atoms with Crippen molar-refractivity contribution in [3.63, 3.8) is 0 Å². The SMILES string of the molecule is CCCCCCCCCCCCCCCCCCCCCCCCCCCCCCCCCCCC(=O)N[C@@H](CO[C@@H]1O[C@H](CO)[C@H](O)C(O)C1O)[C@H](O)[C@H](O)CCCCCCCCCC. The summed E-state index contributed by atoms with van der Waals surface area (Å²) in [6, 6.07) is -0.984. The van der Waals surface area contributed by atoms with Crippen LogP contribution in [0.4, 0.5) is 0 Å². The molecule has 0 radical (unpaired) electrons. The van der Waals surface area contributed by atoms with E-state index in [-0.39, 0.29) is 18.9 Å². The molecular weight excluding hydrogens is 831 g/mol. The first-order valence-corrected chi connectivity index (χ1v) is 28.8. The Kier molecular flexibility index (Phi) is 44.5. The van der Waals surface area contributed by atoms with Gasteiger partial charge in [0.2, 0.25) is 5.91 Å². The molecule has 2 unspecified atom stereocenters. The van der Waals surface area contributed by atoms with E-state index in [9.17, 15) is 35.4 Å². The van der Waals surface area contributed by atoms with E-state index in [1.807, 2.05) is 0 Å². The minimum atomic E-state index is -1.60. The van der Waals surface area contributed by atoms with Crippen LogP contribution < -0.4 is 5.32 Å². The highest BCUT2D eigenvalue weighted by atomic mass is 16.7. The third-order valence-corrected chi connectivity index (χ3v) is 14.3. The smallest absolute Gasteiger partial charge is 0.220 e. The van der Waals surface area contributed by atoms with E-state index in [0.717, 1.165) is 44.9 Å². The van der Waals surface area contributed by atoms with Gasteiger partial charge in [-0.25, -0.2) is 0 Å². The van der Waals surface area contributed by atoms with E-state index in [4.69, 9.17) is 9.47 Å². The van der Waals surface area contributed by atoms with E-state index in [0.29, 0.717) is 6.42 Å². The van der Waals surface area contributed by atoms with Crippen molar-refractivity contribution in [2.45, 2.75) is 339 Å². The van der Waals surface area contributed by atoms with E-state index < -0.39 is 55.6 Å². The molecule has 1 aliphatic rings. The molecule has 0 aromatic heterocycles. The van der Waals surface area contributed by atoms with E-state index >= 15 is 0 Å². The lowest BCUT2D eigenvalue weighted by Gasteiger charge is -2.40. The van der Waals surface area contributed by atoms with Gasteiger partial charge in [0.25, 0.3) is 0 Å². The largest absolute Gasteiger partial charge is 0.394 e. The summed E-state index contributed by atoms with van der Waals surface area (Å²) in [7, 11) is 0. The predicted molar refractivity (Wildman–Crippen MR) is 274 cm³/mol. The second-order valence-electron chi connectivity index (χ2n) is 20.6. The fraction of sp³-hybridized carbons (Fsp3) is 0.982. The molecule has 1 saturated heterocycles. The average molecular weight is 943 g/mol. The van der Waals surface area contributed by atoms with E-state index in [2.05, 4.69) is 19.2 Å². The van der Waals surface area contributed by atoms with Crippen LogP contribution in [0.5, 0.6) is 0 Å². The number of carbonyl (C=O) groups excluding carboxylic acids is 1. The van der Waals surface area contributed by atoms with Gasteiger partial charge in [0.15, 0.2) is 6.29 Å². The number of amides is 1. The van der Waals surface area contributed by atoms with Crippen LogP contribution in [0.25, 0.3) is 0 Å². The number of unbranched alkanes of at least 4 members (excludes halogenated alkanes) is 39. The van der Waals surface area contributed by atoms with Crippen molar-refractivity contribution < 1.29 is 44.9 Å². The van der Waals surface area contributed by atoms with Crippen LogP contribution in [-0.4, -0.2) is 98.7 Å². The van der Waals surface area contributed by atoms with Crippen molar-refractivity contribution in [1.82, 2.24) is 5.32 Å². The van der Waals surface area contributed by atoms with Crippen LogP contribution in [-0.2, 0) is 14.3 Å². The highest BCUT2D eigenvalue weighted by Gasteiger charge is 2.44. The first-order valence-electron chi connectivity index (χ1n) is 28.8. The monoisotopic (exact) mass is 942 g/mol. The number of aliphatic hydroxyl groups is 6. The molecule has 0 spiro atoms. The van der Waals surface area contributed by atoms with Crippen LogP contribution in [0.15, 0.2) is 0 Å². The molecule has 0 bridgehead atoms.